The van der Waals surface area contributed by atoms with Crippen LogP contribution in [-0.4, -0.2) is 24.5 Å². The molecule has 1 amide bonds. The van der Waals surface area contributed by atoms with Crippen LogP contribution in [0.2, 0.25) is 0 Å². The maximum atomic E-state index is 10.8. The Bertz CT molecular complexity index is 566. The fourth-order valence-corrected chi connectivity index (χ4v) is 2.53. The summed E-state index contributed by atoms with van der Waals surface area (Å²) in [7, 11) is 1.65. The van der Waals surface area contributed by atoms with Gasteiger partial charge in [-0.3, -0.25) is 4.79 Å². The summed E-state index contributed by atoms with van der Waals surface area (Å²) in [6.07, 6.45) is 0.750. The van der Waals surface area contributed by atoms with Crippen LogP contribution in [0.3, 0.4) is 0 Å². The quantitative estimate of drug-likeness (QED) is 0.913. The number of amides is 1. The highest BCUT2D eigenvalue weighted by atomic mass is 32.1. The van der Waals surface area contributed by atoms with Crippen LogP contribution in [0, 0.1) is 0 Å². The highest BCUT2D eigenvalue weighted by Crippen LogP contribution is 2.26. The van der Waals surface area contributed by atoms with E-state index < -0.39 is 0 Å². The predicted molar refractivity (Wildman–Crippen MR) is 76.5 cm³/mol. The average molecular weight is 276 g/mol. The summed E-state index contributed by atoms with van der Waals surface area (Å²) in [5, 5.41) is 5.76. The first kappa shape index (κ1) is 13.5. The standard InChI is InChI=1S/C14H16N2O2S/c1-10(17)15-7-6-12-9-19-14(16-12)11-4-3-5-13(8-11)18-2/h3-5,8-9H,6-7H2,1-2H3,(H,15,17). The van der Waals surface area contributed by atoms with Gasteiger partial charge in [0.25, 0.3) is 0 Å². The monoisotopic (exact) mass is 276 g/mol. The number of hydrogen-bond donors (Lipinski definition) is 1. The molecule has 0 unspecified atom stereocenters. The molecule has 0 fully saturated rings. The molecule has 1 N–H and O–H groups in total. The molecule has 0 bridgehead atoms. The highest BCUT2D eigenvalue weighted by molar-refractivity contribution is 7.13. The van der Waals surface area contributed by atoms with Crippen LogP contribution >= 0.6 is 11.3 Å². The summed E-state index contributed by atoms with van der Waals surface area (Å²) in [5.41, 5.74) is 2.05. The van der Waals surface area contributed by atoms with Crippen LogP contribution in [0.4, 0.5) is 0 Å². The first-order valence-corrected chi connectivity index (χ1v) is 6.90. The van der Waals surface area contributed by atoms with E-state index >= 15 is 0 Å². The van der Waals surface area contributed by atoms with E-state index in [1.807, 2.05) is 29.6 Å². The minimum absolute atomic E-state index is 0.0109. The largest absolute Gasteiger partial charge is 0.497 e. The van der Waals surface area contributed by atoms with Gasteiger partial charge in [0.2, 0.25) is 5.91 Å². The molecule has 0 aliphatic rings. The maximum absolute atomic E-state index is 10.8. The SMILES string of the molecule is COc1cccc(-c2nc(CCNC(C)=O)cs2)c1. The van der Waals surface area contributed by atoms with Crippen LogP contribution < -0.4 is 10.1 Å². The van der Waals surface area contributed by atoms with Crippen molar-refractivity contribution in [2.45, 2.75) is 13.3 Å². The molecular formula is C14H16N2O2S. The molecule has 0 spiro atoms. The van der Waals surface area contributed by atoms with Crippen LogP contribution in [0.1, 0.15) is 12.6 Å². The number of carbonyl (C=O) groups is 1. The summed E-state index contributed by atoms with van der Waals surface area (Å²) in [6, 6.07) is 7.84. The zero-order valence-corrected chi connectivity index (χ0v) is 11.8. The van der Waals surface area contributed by atoms with Gasteiger partial charge in [0.05, 0.1) is 12.8 Å². The molecule has 4 nitrogen and oxygen atoms in total. The molecule has 1 aromatic carbocycles. The third-order valence-electron chi connectivity index (χ3n) is 2.62. The van der Waals surface area contributed by atoms with E-state index in [0.29, 0.717) is 6.54 Å². The summed E-state index contributed by atoms with van der Waals surface area (Å²) in [4.78, 5) is 15.4. The second-order valence-electron chi connectivity index (χ2n) is 4.11. The number of thiazole rings is 1. The second kappa shape index (κ2) is 6.33. The van der Waals surface area contributed by atoms with E-state index in [0.717, 1.165) is 28.4 Å². The van der Waals surface area contributed by atoms with Crippen molar-refractivity contribution in [3.05, 3.63) is 35.3 Å². The molecule has 1 heterocycles. The van der Waals surface area contributed by atoms with Gasteiger partial charge in [-0.1, -0.05) is 12.1 Å². The fourth-order valence-electron chi connectivity index (χ4n) is 1.68. The Morgan fingerprint density at radius 1 is 1.47 bits per heavy atom. The zero-order chi connectivity index (χ0) is 13.7. The Hall–Kier alpha value is -1.88. The molecule has 19 heavy (non-hydrogen) atoms. The van der Waals surface area contributed by atoms with Crippen LogP contribution in [0.5, 0.6) is 5.75 Å². The molecule has 0 saturated heterocycles. The third-order valence-corrected chi connectivity index (χ3v) is 3.56. The molecule has 5 heteroatoms. The van der Waals surface area contributed by atoms with Gasteiger partial charge in [-0.05, 0) is 12.1 Å². The Morgan fingerprint density at radius 3 is 3.05 bits per heavy atom. The number of carbonyl (C=O) groups excluding carboxylic acids is 1. The molecule has 2 aromatic rings. The Morgan fingerprint density at radius 2 is 2.32 bits per heavy atom. The van der Waals surface area contributed by atoms with E-state index in [1.54, 1.807) is 18.4 Å². The van der Waals surface area contributed by atoms with Crippen LogP contribution in [-0.2, 0) is 11.2 Å². The first-order valence-electron chi connectivity index (χ1n) is 6.02. The van der Waals surface area contributed by atoms with Crippen molar-refractivity contribution in [1.82, 2.24) is 10.3 Å². The van der Waals surface area contributed by atoms with Crippen molar-refractivity contribution in [2.75, 3.05) is 13.7 Å². The lowest BCUT2D eigenvalue weighted by Crippen LogP contribution is -2.22. The van der Waals surface area contributed by atoms with Crippen molar-refractivity contribution in [2.24, 2.45) is 0 Å². The molecule has 1 aromatic heterocycles. The van der Waals surface area contributed by atoms with E-state index in [-0.39, 0.29) is 5.91 Å². The number of methoxy groups -OCH3 is 1. The van der Waals surface area contributed by atoms with Crippen molar-refractivity contribution in [3.63, 3.8) is 0 Å². The lowest BCUT2D eigenvalue weighted by molar-refractivity contribution is -0.118. The fraction of sp³-hybridized carbons (Fsp3) is 0.286. The smallest absolute Gasteiger partial charge is 0.216 e. The number of aromatic nitrogens is 1. The zero-order valence-electron chi connectivity index (χ0n) is 11.0. The lowest BCUT2D eigenvalue weighted by Gasteiger charge is -2.01. The van der Waals surface area contributed by atoms with E-state index in [2.05, 4.69) is 10.3 Å². The first-order chi connectivity index (χ1) is 9.19. The van der Waals surface area contributed by atoms with Gasteiger partial charge in [-0.25, -0.2) is 4.98 Å². The molecular weight excluding hydrogens is 260 g/mol. The van der Waals surface area contributed by atoms with Crippen molar-refractivity contribution in [1.29, 1.82) is 0 Å². The minimum Gasteiger partial charge on any atom is -0.497 e. The number of hydrogen-bond acceptors (Lipinski definition) is 4. The predicted octanol–water partition coefficient (Wildman–Crippen LogP) is 2.50. The number of nitrogens with zero attached hydrogens (tertiary/aromatic N) is 1. The molecule has 100 valence electrons. The normalized spacial score (nSPS) is 10.2. The summed E-state index contributed by atoms with van der Waals surface area (Å²) in [6.45, 7) is 2.14. The topological polar surface area (TPSA) is 51.2 Å². The molecule has 0 radical (unpaired) electrons. The second-order valence-corrected chi connectivity index (χ2v) is 4.97. The molecule has 0 saturated carbocycles. The van der Waals surface area contributed by atoms with E-state index in [1.165, 1.54) is 6.92 Å². The average Bonchev–Trinajstić information content (AvgIpc) is 2.87. The third kappa shape index (κ3) is 3.79. The van der Waals surface area contributed by atoms with Crippen molar-refractivity contribution >= 4 is 17.2 Å². The van der Waals surface area contributed by atoms with E-state index in [4.69, 9.17) is 4.74 Å². The van der Waals surface area contributed by atoms with Crippen molar-refractivity contribution < 1.29 is 9.53 Å². The summed E-state index contributed by atoms with van der Waals surface area (Å²) < 4.78 is 5.20. The van der Waals surface area contributed by atoms with Gasteiger partial charge < -0.3 is 10.1 Å². The van der Waals surface area contributed by atoms with Gasteiger partial charge in [-0.2, -0.15) is 0 Å². The molecule has 0 aliphatic heterocycles. The van der Waals surface area contributed by atoms with Gasteiger partial charge in [-0.15, -0.1) is 11.3 Å². The number of rotatable bonds is 5. The highest BCUT2D eigenvalue weighted by Gasteiger charge is 2.05. The number of benzene rings is 1. The van der Waals surface area contributed by atoms with Gasteiger partial charge in [0.1, 0.15) is 10.8 Å². The summed E-state index contributed by atoms with van der Waals surface area (Å²) >= 11 is 1.60. The van der Waals surface area contributed by atoms with Gasteiger partial charge in [0.15, 0.2) is 0 Å². The molecule has 0 atom stereocenters. The Balaban J connectivity index is 2.05. The van der Waals surface area contributed by atoms with Gasteiger partial charge >= 0.3 is 0 Å². The maximum Gasteiger partial charge on any atom is 0.216 e. The molecule has 2 rings (SSSR count). The Kier molecular flexibility index (Phi) is 4.52. The Labute approximate surface area is 116 Å². The summed E-state index contributed by atoms with van der Waals surface area (Å²) in [5.74, 6) is 0.816. The van der Waals surface area contributed by atoms with Crippen LogP contribution in [0.25, 0.3) is 10.6 Å². The van der Waals surface area contributed by atoms with E-state index in [9.17, 15) is 4.79 Å². The van der Waals surface area contributed by atoms with Crippen LogP contribution in [0.15, 0.2) is 29.6 Å². The number of ether oxygens (including phenoxy) is 1. The molecule has 0 aliphatic carbocycles. The minimum atomic E-state index is -0.0109. The van der Waals surface area contributed by atoms with Gasteiger partial charge in [0, 0.05) is 30.8 Å². The number of nitrogens with one attached hydrogen (secondary N) is 1. The van der Waals surface area contributed by atoms with Crippen molar-refractivity contribution in [3.8, 4) is 16.3 Å². The lowest BCUT2D eigenvalue weighted by atomic mass is 10.2.